The van der Waals surface area contributed by atoms with Crippen molar-refractivity contribution in [1.29, 1.82) is 0 Å². The van der Waals surface area contributed by atoms with Gasteiger partial charge in [0.1, 0.15) is 11.8 Å². The molecular weight excluding hydrogens is 462 g/mol. The monoisotopic (exact) mass is 499 g/mol. The number of carbonyl (C=O) groups is 2. The van der Waals surface area contributed by atoms with E-state index >= 15 is 0 Å². The fraction of sp³-hybridized carbons (Fsp3) is 0.419. The van der Waals surface area contributed by atoms with Crippen molar-refractivity contribution in [2.75, 3.05) is 0 Å². The molecule has 37 heavy (non-hydrogen) atoms. The van der Waals surface area contributed by atoms with E-state index in [1.165, 1.54) is 11.5 Å². The SMILES string of the molecule is CC(=O)CC(NC(=O)C(CC(C)C)n1ccc(C2CC2)cc1=O)c1cncc(-c2c(C)cccc2C)c1. The third-order valence-corrected chi connectivity index (χ3v) is 7.09. The van der Waals surface area contributed by atoms with Gasteiger partial charge in [-0.3, -0.25) is 19.4 Å². The highest BCUT2D eigenvalue weighted by atomic mass is 16.2. The molecule has 194 valence electrons. The fourth-order valence-corrected chi connectivity index (χ4v) is 5.09. The molecule has 1 amide bonds. The van der Waals surface area contributed by atoms with E-state index in [2.05, 4.69) is 36.3 Å². The summed E-state index contributed by atoms with van der Waals surface area (Å²) in [6.45, 7) is 9.72. The predicted octanol–water partition coefficient (Wildman–Crippen LogP) is 5.83. The van der Waals surface area contributed by atoms with Crippen molar-refractivity contribution >= 4 is 11.7 Å². The first-order valence-corrected chi connectivity index (χ1v) is 13.2. The molecule has 0 radical (unpaired) electrons. The lowest BCUT2D eigenvalue weighted by atomic mass is 9.94. The summed E-state index contributed by atoms with van der Waals surface area (Å²) in [5.74, 6) is 0.371. The summed E-state index contributed by atoms with van der Waals surface area (Å²) in [6, 6.07) is 10.6. The lowest BCUT2D eigenvalue weighted by molar-refractivity contribution is -0.126. The van der Waals surface area contributed by atoms with Gasteiger partial charge in [-0.05, 0) is 91.8 Å². The summed E-state index contributed by atoms with van der Waals surface area (Å²) >= 11 is 0. The molecule has 1 aliphatic rings. The van der Waals surface area contributed by atoms with Crippen LogP contribution in [0, 0.1) is 19.8 Å². The maximum atomic E-state index is 13.7. The number of aryl methyl sites for hydroxylation is 2. The Morgan fingerprint density at radius 3 is 2.38 bits per heavy atom. The molecule has 4 rings (SSSR count). The number of amides is 1. The second-order valence-corrected chi connectivity index (χ2v) is 10.9. The van der Waals surface area contributed by atoms with Crippen molar-refractivity contribution < 1.29 is 9.59 Å². The molecule has 0 bridgehead atoms. The third-order valence-electron chi connectivity index (χ3n) is 7.09. The van der Waals surface area contributed by atoms with Crippen molar-refractivity contribution in [2.24, 2.45) is 5.92 Å². The minimum Gasteiger partial charge on any atom is -0.347 e. The first-order chi connectivity index (χ1) is 17.6. The van der Waals surface area contributed by atoms with Crippen LogP contribution in [0.3, 0.4) is 0 Å². The zero-order chi connectivity index (χ0) is 26.7. The zero-order valence-electron chi connectivity index (χ0n) is 22.5. The van der Waals surface area contributed by atoms with E-state index in [1.54, 1.807) is 18.5 Å². The number of nitrogens with one attached hydrogen (secondary N) is 1. The Morgan fingerprint density at radius 1 is 1.08 bits per heavy atom. The molecule has 0 spiro atoms. The molecule has 1 fully saturated rings. The second kappa shape index (κ2) is 11.2. The lowest BCUT2D eigenvalue weighted by Crippen LogP contribution is -2.40. The molecule has 2 aromatic heterocycles. The van der Waals surface area contributed by atoms with Crippen LogP contribution < -0.4 is 10.9 Å². The molecule has 6 nitrogen and oxygen atoms in total. The van der Waals surface area contributed by atoms with Gasteiger partial charge in [-0.1, -0.05) is 32.0 Å². The standard InChI is InChI=1S/C31H37N3O3/c1-19(2)13-28(34-12-11-24(16-29(34)36)23-9-10-23)31(37)33-27(14-22(5)35)25-15-26(18-32-17-25)30-20(3)7-6-8-21(30)4/h6-8,11-12,15-19,23,27-28H,9-10,13-14H2,1-5H3,(H,33,37). The molecule has 1 saturated carbocycles. The van der Waals surface area contributed by atoms with E-state index in [4.69, 9.17) is 0 Å². The van der Waals surface area contributed by atoms with E-state index in [1.807, 2.05) is 38.2 Å². The Morgan fingerprint density at radius 2 is 1.78 bits per heavy atom. The third kappa shape index (κ3) is 6.43. The van der Waals surface area contributed by atoms with Crippen molar-refractivity contribution in [3.63, 3.8) is 0 Å². The smallest absolute Gasteiger partial charge is 0.251 e. The van der Waals surface area contributed by atoms with Gasteiger partial charge in [0.25, 0.3) is 5.56 Å². The number of carbonyl (C=O) groups excluding carboxylic acids is 2. The maximum absolute atomic E-state index is 13.7. The van der Waals surface area contributed by atoms with E-state index in [0.29, 0.717) is 12.3 Å². The van der Waals surface area contributed by atoms with Gasteiger partial charge in [0.05, 0.1) is 6.04 Å². The summed E-state index contributed by atoms with van der Waals surface area (Å²) in [4.78, 5) is 43.4. The molecule has 1 aliphatic carbocycles. The van der Waals surface area contributed by atoms with Crippen LogP contribution in [0.4, 0.5) is 0 Å². The Hall–Kier alpha value is -3.54. The van der Waals surface area contributed by atoms with Gasteiger partial charge >= 0.3 is 0 Å². The highest BCUT2D eigenvalue weighted by Crippen LogP contribution is 2.39. The Kier molecular flexibility index (Phi) is 8.06. The number of ketones is 1. The Labute approximate surface area is 219 Å². The molecule has 2 unspecified atom stereocenters. The summed E-state index contributed by atoms with van der Waals surface area (Å²) in [5.41, 5.74) is 5.98. The fourth-order valence-electron chi connectivity index (χ4n) is 5.09. The number of nitrogens with zero attached hydrogens (tertiary/aromatic N) is 2. The molecule has 2 atom stereocenters. The molecule has 0 aliphatic heterocycles. The van der Waals surface area contributed by atoms with Crippen LogP contribution in [-0.2, 0) is 9.59 Å². The summed E-state index contributed by atoms with van der Waals surface area (Å²) in [5, 5.41) is 3.09. The van der Waals surface area contributed by atoms with E-state index in [9.17, 15) is 14.4 Å². The molecular formula is C31H37N3O3. The highest BCUT2D eigenvalue weighted by Gasteiger charge is 2.28. The molecule has 3 aromatic rings. The minimum absolute atomic E-state index is 0.0332. The first kappa shape index (κ1) is 26.5. The zero-order valence-corrected chi connectivity index (χ0v) is 22.5. The van der Waals surface area contributed by atoms with Gasteiger partial charge in [0.2, 0.25) is 5.91 Å². The van der Waals surface area contributed by atoms with Crippen LogP contribution in [0.25, 0.3) is 11.1 Å². The number of hydrogen-bond acceptors (Lipinski definition) is 4. The summed E-state index contributed by atoms with van der Waals surface area (Å²) in [6.07, 6.45) is 8.16. The van der Waals surface area contributed by atoms with Crippen LogP contribution in [0.15, 0.2) is 59.8 Å². The molecule has 2 heterocycles. The van der Waals surface area contributed by atoms with E-state index < -0.39 is 12.1 Å². The number of aromatic nitrogens is 2. The number of pyridine rings is 2. The first-order valence-electron chi connectivity index (χ1n) is 13.2. The number of benzene rings is 1. The predicted molar refractivity (Wildman–Crippen MR) is 146 cm³/mol. The topological polar surface area (TPSA) is 81.1 Å². The van der Waals surface area contributed by atoms with Crippen LogP contribution >= 0.6 is 0 Å². The van der Waals surface area contributed by atoms with Crippen molar-refractivity contribution in [1.82, 2.24) is 14.9 Å². The minimum atomic E-state index is -0.662. The maximum Gasteiger partial charge on any atom is 0.251 e. The van der Waals surface area contributed by atoms with Crippen LogP contribution in [-0.4, -0.2) is 21.2 Å². The van der Waals surface area contributed by atoms with Gasteiger partial charge in [-0.25, -0.2) is 0 Å². The van der Waals surface area contributed by atoms with Crippen LogP contribution in [0.5, 0.6) is 0 Å². The van der Waals surface area contributed by atoms with Crippen LogP contribution in [0.2, 0.25) is 0 Å². The molecule has 1 aromatic carbocycles. The Balaban J connectivity index is 1.65. The van der Waals surface area contributed by atoms with Gasteiger partial charge < -0.3 is 9.88 Å². The van der Waals surface area contributed by atoms with Crippen molar-refractivity contribution in [3.8, 4) is 11.1 Å². The average Bonchev–Trinajstić information content (AvgIpc) is 3.68. The van der Waals surface area contributed by atoms with E-state index in [-0.39, 0.29) is 29.6 Å². The van der Waals surface area contributed by atoms with Gasteiger partial charge in [0, 0.05) is 36.6 Å². The van der Waals surface area contributed by atoms with E-state index in [0.717, 1.165) is 46.2 Å². The lowest BCUT2D eigenvalue weighted by Gasteiger charge is -2.25. The summed E-state index contributed by atoms with van der Waals surface area (Å²) in [7, 11) is 0. The number of rotatable bonds is 10. The highest BCUT2D eigenvalue weighted by molar-refractivity contribution is 5.83. The molecule has 0 saturated heterocycles. The largest absolute Gasteiger partial charge is 0.347 e. The molecule has 6 heteroatoms. The Bertz CT molecular complexity index is 1330. The second-order valence-electron chi connectivity index (χ2n) is 10.9. The summed E-state index contributed by atoms with van der Waals surface area (Å²) < 4.78 is 1.54. The van der Waals surface area contributed by atoms with Gasteiger partial charge in [-0.15, -0.1) is 0 Å². The quantitative estimate of drug-likeness (QED) is 0.381. The molecule has 1 N–H and O–H groups in total. The van der Waals surface area contributed by atoms with Gasteiger partial charge in [-0.2, -0.15) is 0 Å². The van der Waals surface area contributed by atoms with Gasteiger partial charge in [0.15, 0.2) is 0 Å². The van der Waals surface area contributed by atoms with Crippen molar-refractivity contribution in [3.05, 3.63) is 87.6 Å². The normalized spacial score (nSPS) is 14.9. The van der Waals surface area contributed by atoms with Crippen LogP contribution in [0.1, 0.15) is 86.7 Å². The number of hydrogen-bond donors (Lipinski definition) is 1. The van der Waals surface area contributed by atoms with Crippen molar-refractivity contribution in [2.45, 2.75) is 78.3 Å². The average molecular weight is 500 g/mol. The number of Topliss-reactive ketones (excluding diaryl/α,β-unsaturated/α-hetero) is 1.